The summed E-state index contributed by atoms with van der Waals surface area (Å²) in [6.07, 6.45) is 3.36. The van der Waals surface area contributed by atoms with Gasteiger partial charge in [-0.1, -0.05) is 6.58 Å². The lowest BCUT2D eigenvalue weighted by Crippen LogP contribution is -2.54. The summed E-state index contributed by atoms with van der Waals surface area (Å²) in [5.74, 6) is 0.0810. The highest BCUT2D eigenvalue weighted by Crippen LogP contribution is 2.59. The molecule has 20 heavy (non-hydrogen) atoms. The molecule has 2 saturated heterocycles. The van der Waals surface area contributed by atoms with Crippen LogP contribution in [0.25, 0.3) is 0 Å². The van der Waals surface area contributed by atoms with Gasteiger partial charge in [0.15, 0.2) is 0 Å². The molecule has 0 unspecified atom stereocenters. The molecular formula is C15H24O5. The summed E-state index contributed by atoms with van der Waals surface area (Å²) in [5.41, 5.74) is -0.439. The molecule has 3 fully saturated rings. The van der Waals surface area contributed by atoms with E-state index in [0.29, 0.717) is 6.61 Å². The van der Waals surface area contributed by atoms with Gasteiger partial charge in [0.2, 0.25) is 0 Å². The summed E-state index contributed by atoms with van der Waals surface area (Å²) >= 11 is 0. The molecule has 3 aliphatic rings. The Kier molecular flexibility index (Phi) is 3.57. The van der Waals surface area contributed by atoms with Gasteiger partial charge in [-0.15, -0.1) is 0 Å². The van der Waals surface area contributed by atoms with Gasteiger partial charge in [0.05, 0.1) is 49.3 Å². The van der Waals surface area contributed by atoms with Crippen LogP contribution < -0.4 is 0 Å². The Balaban J connectivity index is 1.71. The Labute approximate surface area is 119 Å². The Morgan fingerprint density at radius 2 is 2.25 bits per heavy atom. The van der Waals surface area contributed by atoms with E-state index in [0.717, 1.165) is 25.9 Å². The highest BCUT2D eigenvalue weighted by Gasteiger charge is 2.71. The highest BCUT2D eigenvalue weighted by molar-refractivity contribution is 5.19. The molecule has 1 spiro atoms. The zero-order valence-corrected chi connectivity index (χ0v) is 12.2. The molecule has 0 aromatic rings. The van der Waals surface area contributed by atoms with Crippen LogP contribution in [0, 0.1) is 5.92 Å². The van der Waals surface area contributed by atoms with Crippen molar-refractivity contribution < 1.29 is 24.1 Å². The van der Waals surface area contributed by atoms with E-state index in [1.807, 2.05) is 0 Å². The number of ether oxygens (including phenoxy) is 4. The van der Waals surface area contributed by atoms with Crippen molar-refractivity contribution in [1.29, 1.82) is 0 Å². The summed E-state index contributed by atoms with van der Waals surface area (Å²) < 4.78 is 22.5. The van der Waals surface area contributed by atoms with Crippen molar-refractivity contribution in [2.45, 2.75) is 55.7 Å². The number of hydrogen-bond acceptors (Lipinski definition) is 5. The van der Waals surface area contributed by atoms with E-state index >= 15 is 0 Å². The maximum atomic E-state index is 10.2. The number of rotatable bonds is 6. The average molecular weight is 284 g/mol. The second-order valence-corrected chi connectivity index (χ2v) is 6.25. The van der Waals surface area contributed by atoms with E-state index in [9.17, 15) is 5.11 Å². The van der Waals surface area contributed by atoms with Crippen molar-refractivity contribution >= 4 is 0 Å². The number of aliphatic hydroxyl groups is 1. The molecule has 1 saturated carbocycles. The molecule has 0 aromatic carbocycles. The summed E-state index contributed by atoms with van der Waals surface area (Å²) in [4.78, 5) is 0. The molecule has 1 N–H and O–H groups in total. The predicted octanol–water partition coefficient (Wildman–Crippen LogP) is 1.25. The van der Waals surface area contributed by atoms with Crippen LogP contribution >= 0.6 is 0 Å². The van der Waals surface area contributed by atoms with Crippen molar-refractivity contribution in [1.82, 2.24) is 0 Å². The number of methoxy groups -OCH3 is 1. The van der Waals surface area contributed by atoms with E-state index in [2.05, 4.69) is 13.5 Å². The Hall–Kier alpha value is -0.620. The molecule has 0 amide bonds. The van der Waals surface area contributed by atoms with Crippen LogP contribution in [0.1, 0.15) is 26.2 Å². The molecule has 0 bridgehead atoms. The number of aliphatic hydroxyl groups excluding tert-OH is 1. The lowest BCUT2D eigenvalue weighted by Gasteiger charge is -2.41. The molecular weight excluding hydrogens is 260 g/mol. The fraction of sp³-hybridized carbons (Fsp3) is 0.867. The minimum Gasteiger partial charge on any atom is -0.502 e. The van der Waals surface area contributed by atoms with E-state index in [4.69, 9.17) is 18.9 Å². The van der Waals surface area contributed by atoms with Crippen LogP contribution in [0.15, 0.2) is 12.8 Å². The SMILES string of the molecule is C=COCC[C@H]1O[C@]1(C)[C@H]1[C@H](OC)[C@H](O)CC[C@]12CO2. The molecule has 6 atom stereocenters. The molecule has 0 aromatic heterocycles. The fourth-order valence-electron chi connectivity index (χ4n) is 3.94. The van der Waals surface area contributed by atoms with Crippen molar-refractivity contribution in [2.75, 3.05) is 20.3 Å². The first-order valence-corrected chi connectivity index (χ1v) is 7.32. The van der Waals surface area contributed by atoms with E-state index in [-0.39, 0.29) is 29.3 Å². The third kappa shape index (κ3) is 2.17. The van der Waals surface area contributed by atoms with Crippen LogP contribution in [0.2, 0.25) is 0 Å². The van der Waals surface area contributed by atoms with Gasteiger partial charge in [0, 0.05) is 13.5 Å². The van der Waals surface area contributed by atoms with E-state index < -0.39 is 6.10 Å². The van der Waals surface area contributed by atoms with Gasteiger partial charge < -0.3 is 24.1 Å². The van der Waals surface area contributed by atoms with Gasteiger partial charge in [0.1, 0.15) is 5.60 Å². The molecule has 5 heteroatoms. The third-order valence-corrected chi connectivity index (χ3v) is 5.14. The summed E-state index contributed by atoms with van der Waals surface area (Å²) in [7, 11) is 1.66. The first-order chi connectivity index (χ1) is 9.57. The largest absolute Gasteiger partial charge is 0.502 e. The van der Waals surface area contributed by atoms with Gasteiger partial charge in [0.25, 0.3) is 0 Å². The molecule has 1 aliphatic carbocycles. The van der Waals surface area contributed by atoms with Crippen LogP contribution in [0.5, 0.6) is 0 Å². The molecule has 2 aliphatic heterocycles. The zero-order valence-electron chi connectivity index (χ0n) is 12.2. The average Bonchev–Trinajstić information content (AvgIpc) is 3.33. The van der Waals surface area contributed by atoms with Crippen LogP contribution in [-0.4, -0.2) is 54.9 Å². The summed E-state index contributed by atoms with van der Waals surface area (Å²) in [5, 5.41) is 10.2. The second kappa shape index (κ2) is 4.98. The van der Waals surface area contributed by atoms with Crippen molar-refractivity contribution in [2.24, 2.45) is 5.92 Å². The van der Waals surface area contributed by atoms with Gasteiger partial charge in [-0.3, -0.25) is 0 Å². The van der Waals surface area contributed by atoms with Gasteiger partial charge in [-0.2, -0.15) is 0 Å². The molecule has 0 radical (unpaired) electrons. The Morgan fingerprint density at radius 1 is 1.50 bits per heavy atom. The molecule has 2 heterocycles. The minimum atomic E-state index is -0.439. The van der Waals surface area contributed by atoms with Crippen LogP contribution in [-0.2, 0) is 18.9 Å². The maximum Gasteiger partial charge on any atom is 0.100 e. The number of hydrogen-bond donors (Lipinski definition) is 1. The fourth-order valence-corrected chi connectivity index (χ4v) is 3.94. The summed E-state index contributed by atoms with van der Waals surface area (Å²) in [6, 6.07) is 0. The van der Waals surface area contributed by atoms with Gasteiger partial charge >= 0.3 is 0 Å². The van der Waals surface area contributed by atoms with E-state index in [1.54, 1.807) is 7.11 Å². The molecule has 5 nitrogen and oxygen atoms in total. The first kappa shape index (κ1) is 14.3. The molecule has 3 rings (SSSR count). The van der Waals surface area contributed by atoms with Gasteiger partial charge in [-0.05, 0) is 19.8 Å². The standard InChI is InChI=1S/C15H24O5/c1-4-18-8-6-11-14(2,20-11)13-12(17-3)10(16)5-7-15(13)9-19-15/h4,10-13,16H,1,5-9H2,2-3H3/t10-,11-,12-,13-,14+,15+/m1/s1. The monoisotopic (exact) mass is 284 g/mol. The normalized spacial score (nSPS) is 50.0. The Bertz CT molecular complexity index is 380. The van der Waals surface area contributed by atoms with Crippen LogP contribution in [0.4, 0.5) is 0 Å². The topological polar surface area (TPSA) is 63.8 Å². The zero-order chi connectivity index (χ0) is 14.4. The molecule has 114 valence electrons. The second-order valence-electron chi connectivity index (χ2n) is 6.25. The van der Waals surface area contributed by atoms with E-state index in [1.165, 1.54) is 6.26 Å². The number of epoxide rings is 2. The minimum absolute atomic E-state index is 0.0810. The first-order valence-electron chi connectivity index (χ1n) is 7.32. The Morgan fingerprint density at radius 3 is 2.85 bits per heavy atom. The van der Waals surface area contributed by atoms with Crippen molar-refractivity contribution in [3.63, 3.8) is 0 Å². The summed E-state index contributed by atoms with van der Waals surface area (Å²) in [6.45, 7) is 6.99. The lowest BCUT2D eigenvalue weighted by molar-refractivity contribution is -0.116. The third-order valence-electron chi connectivity index (χ3n) is 5.14. The lowest BCUT2D eigenvalue weighted by atomic mass is 9.68. The predicted molar refractivity (Wildman–Crippen MR) is 72.3 cm³/mol. The smallest absolute Gasteiger partial charge is 0.100 e. The van der Waals surface area contributed by atoms with Crippen LogP contribution in [0.3, 0.4) is 0 Å². The van der Waals surface area contributed by atoms with Crippen molar-refractivity contribution in [3.05, 3.63) is 12.8 Å². The highest BCUT2D eigenvalue weighted by atomic mass is 16.6. The quantitative estimate of drug-likeness (QED) is 0.452. The maximum absolute atomic E-state index is 10.2. The van der Waals surface area contributed by atoms with Crippen molar-refractivity contribution in [3.8, 4) is 0 Å². The van der Waals surface area contributed by atoms with Gasteiger partial charge in [-0.25, -0.2) is 0 Å².